The van der Waals surface area contributed by atoms with Crippen molar-refractivity contribution in [1.29, 1.82) is 0 Å². The number of benzene rings is 1. The molecule has 0 aliphatic carbocycles. The van der Waals surface area contributed by atoms with Crippen molar-refractivity contribution in [3.63, 3.8) is 0 Å². The van der Waals surface area contributed by atoms with Crippen LogP contribution in [0.3, 0.4) is 0 Å². The summed E-state index contributed by atoms with van der Waals surface area (Å²) < 4.78 is 17.4. The fourth-order valence-electron chi connectivity index (χ4n) is 1.84. The van der Waals surface area contributed by atoms with E-state index < -0.39 is 8.03 Å². The zero-order valence-corrected chi connectivity index (χ0v) is 11.8. The highest BCUT2D eigenvalue weighted by Crippen LogP contribution is 2.31. The lowest BCUT2D eigenvalue weighted by Gasteiger charge is -2.14. The Morgan fingerprint density at radius 1 is 1.24 bits per heavy atom. The molecule has 0 aliphatic rings. The lowest BCUT2D eigenvalue weighted by atomic mass is 10.0. The molecule has 2 unspecified atom stereocenters. The Labute approximate surface area is 105 Å². The Kier molecular flexibility index (Phi) is 7.04. The van der Waals surface area contributed by atoms with Crippen LogP contribution in [0, 0.1) is 5.92 Å². The van der Waals surface area contributed by atoms with Crippen LogP contribution in [0.5, 0.6) is 5.75 Å². The molecule has 96 valence electrons. The fraction of sp³-hybridized carbons (Fsp3) is 0.571. The molecule has 0 radical (unpaired) electrons. The minimum Gasteiger partial charge on any atom is -0.445 e. The summed E-state index contributed by atoms with van der Waals surface area (Å²) in [4.78, 5) is 0. The van der Waals surface area contributed by atoms with Gasteiger partial charge in [-0.15, -0.1) is 0 Å². The average Bonchev–Trinajstić information content (AvgIpc) is 2.35. The maximum absolute atomic E-state index is 11.9. The van der Waals surface area contributed by atoms with Crippen molar-refractivity contribution in [1.82, 2.24) is 0 Å². The van der Waals surface area contributed by atoms with Gasteiger partial charge in [-0.05, 0) is 24.5 Å². The summed E-state index contributed by atoms with van der Waals surface area (Å²) in [6.45, 7) is 4.36. The standard InChI is InChI=1S/C14H23O2P/c1-3-5-9-13(4-2)12-17(15)16-14-10-7-6-8-11-14/h6-8,10-11,13,17H,3-5,9,12H2,1-2H3. The molecule has 0 saturated heterocycles. The van der Waals surface area contributed by atoms with E-state index in [1.807, 2.05) is 30.3 Å². The van der Waals surface area contributed by atoms with Gasteiger partial charge < -0.3 is 4.52 Å². The van der Waals surface area contributed by atoms with Gasteiger partial charge in [-0.2, -0.15) is 0 Å². The van der Waals surface area contributed by atoms with Gasteiger partial charge in [0.1, 0.15) is 5.75 Å². The minimum absolute atomic E-state index is 0.546. The van der Waals surface area contributed by atoms with Crippen LogP contribution in [0.2, 0.25) is 0 Å². The van der Waals surface area contributed by atoms with E-state index in [-0.39, 0.29) is 0 Å². The molecule has 1 aromatic carbocycles. The highest BCUT2D eigenvalue weighted by molar-refractivity contribution is 7.39. The summed E-state index contributed by atoms with van der Waals surface area (Å²) in [6.07, 6.45) is 5.40. The molecule has 3 heteroatoms. The zero-order valence-electron chi connectivity index (χ0n) is 10.8. The van der Waals surface area contributed by atoms with Gasteiger partial charge in [0.05, 0.1) is 0 Å². The fourth-order valence-corrected chi connectivity index (χ4v) is 3.29. The summed E-state index contributed by atoms with van der Waals surface area (Å²) in [6, 6.07) is 9.45. The van der Waals surface area contributed by atoms with E-state index in [0.717, 1.165) is 18.3 Å². The van der Waals surface area contributed by atoms with E-state index in [2.05, 4.69) is 13.8 Å². The zero-order chi connectivity index (χ0) is 12.5. The molecule has 1 rings (SSSR count). The predicted molar refractivity (Wildman–Crippen MR) is 74.2 cm³/mol. The lowest BCUT2D eigenvalue weighted by molar-refractivity contribution is 0.457. The topological polar surface area (TPSA) is 26.3 Å². The Bertz CT molecular complexity index is 324. The number of rotatable bonds is 8. The molecule has 0 amide bonds. The molecular weight excluding hydrogens is 231 g/mol. The van der Waals surface area contributed by atoms with Gasteiger partial charge in [-0.25, -0.2) is 0 Å². The van der Waals surface area contributed by atoms with Gasteiger partial charge in [0.15, 0.2) is 0 Å². The van der Waals surface area contributed by atoms with Crippen molar-refractivity contribution in [2.24, 2.45) is 5.92 Å². The second-order valence-electron chi connectivity index (χ2n) is 4.41. The monoisotopic (exact) mass is 254 g/mol. The van der Waals surface area contributed by atoms with Crippen LogP contribution < -0.4 is 4.52 Å². The van der Waals surface area contributed by atoms with E-state index >= 15 is 0 Å². The highest BCUT2D eigenvalue weighted by atomic mass is 31.1. The van der Waals surface area contributed by atoms with E-state index in [9.17, 15) is 4.57 Å². The second kappa shape index (κ2) is 8.36. The summed E-state index contributed by atoms with van der Waals surface area (Å²) in [5.74, 6) is 1.27. The second-order valence-corrected chi connectivity index (χ2v) is 5.76. The van der Waals surface area contributed by atoms with Crippen molar-refractivity contribution in [2.75, 3.05) is 6.16 Å². The third kappa shape index (κ3) is 5.93. The van der Waals surface area contributed by atoms with E-state index in [0.29, 0.717) is 5.92 Å². The molecule has 0 spiro atoms. The summed E-state index contributed by atoms with van der Waals surface area (Å²) in [5, 5.41) is 0. The van der Waals surface area contributed by atoms with Gasteiger partial charge in [0, 0.05) is 6.16 Å². The van der Waals surface area contributed by atoms with Gasteiger partial charge in [-0.1, -0.05) is 51.3 Å². The maximum atomic E-state index is 11.9. The Balaban J connectivity index is 2.37. The first-order chi connectivity index (χ1) is 8.26. The maximum Gasteiger partial charge on any atom is 0.237 e. The number of hydrogen-bond donors (Lipinski definition) is 0. The van der Waals surface area contributed by atoms with Crippen LogP contribution in [0.15, 0.2) is 30.3 Å². The van der Waals surface area contributed by atoms with Crippen molar-refractivity contribution >= 4 is 8.03 Å². The van der Waals surface area contributed by atoms with E-state index in [1.54, 1.807) is 0 Å². The largest absolute Gasteiger partial charge is 0.445 e. The molecule has 2 atom stereocenters. The Morgan fingerprint density at radius 2 is 1.94 bits per heavy atom. The SMILES string of the molecule is CCCCC(CC)C[PH](=O)Oc1ccccc1. The van der Waals surface area contributed by atoms with Crippen LogP contribution >= 0.6 is 8.03 Å². The normalized spacial score (nSPS) is 14.2. The van der Waals surface area contributed by atoms with Crippen LogP contribution in [0.1, 0.15) is 39.5 Å². The molecule has 0 saturated carbocycles. The molecule has 0 fully saturated rings. The molecule has 0 heterocycles. The molecule has 0 N–H and O–H groups in total. The van der Waals surface area contributed by atoms with Crippen LogP contribution in [0.4, 0.5) is 0 Å². The predicted octanol–water partition coefficient (Wildman–Crippen LogP) is 4.76. The molecule has 2 nitrogen and oxygen atoms in total. The van der Waals surface area contributed by atoms with Crippen LogP contribution in [0.25, 0.3) is 0 Å². The lowest BCUT2D eigenvalue weighted by Crippen LogP contribution is -2.03. The highest BCUT2D eigenvalue weighted by Gasteiger charge is 2.11. The first kappa shape index (κ1) is 14.3. The van der Waals surface area contributed by atoms with E-state index in [1.165, 1.54) is 19.3 Å². The van der Waals surface area contributed by atoms with Crippen LogP contribution in [-0.2, 0) is 4.57 Å². The minimum atomic E-state index is -1.93. The van der Waals surface area contributed by atoms with Crippen molar-refractivity contribution in [2.45, 2.75) is 39.5 Å². The number of para-hydroxylation sites is 1. The molecule has 0 aliphatic heterocycles. The smallest absolute Gasteiger partial charge is 0.237 e. The third-order valence-electron chi connectivity index (χ3n) is 2.97. The molecule has 17 heavy (non-hydrogen) atoms. The average molecular weight is 254 g/mol. The summed E-state index contributed by atoms with van der Waals surface area (Å²) in [5.41, 5.74) is 0. The molecule has 1 aromatic rings. The van der Waals surface area contributed by atoms with E-state index in [4.69, 9.17) is 4.52 Å². The Hall–Kier alpha value is -0.750. The van der Waals surface area contributed by atoms with Crippen LogP contribution in [-0.4, -0.2) is 6.16 Å². The van der Waals surface area contributed by atoms with Crippen molar-refractivity contribution < 1.29 is 9.09 Å². The third-order valence-corrected chi connectivity index (χ3v) is 4.35. The molecule has 0 bridgehead atoms. The van der Waals surface area contributed by atoms with Crippen molar-refractivity contribution in [3.05, 3.63) is 30.3 Å². The summed E-state index contributed by atoms with van der Waals surface area (Å²) in [7, 11) is -1.93. The van der Waals surface area contributed by atoms with Gasteiger partial charge in [-0.3, -0.25) is 4.57 Å². The van der Waals surface area contributed by atoms with Gasteiger partial charge >= 0.3 is 0 Å². The first-order valence-electron chi connectivity index (χ1n) is 6.52. The van der Waals surface area contributed by atoms with Gasteiger partial charge in [0.25, 0.3) is 0 Å². The summed E-state index contributed by atoms with van der Waals surface area (Å²) >= 11 is 0. The van der Waals surface area contributed by atoms with Gasteiger partial charge in [0.2, 0.25) is 8.03 Å². The number of unbranched alkanes of at least 4 members (excludes halogenated alkanes) is 1. The quantitative estimate of drug-likeness (QED) is 0.625. The molecular formula is C14H23O2P. The molecule has 0 aromatic heterocycles. The number of hydrogen-bond acceptors (Lipinski definition) is 2. The first-order valence-corrected chi connectivity index (χ1v) is 8.04. The van der Waals surface area contributed by atoms with Crippen molar-refractivity contribution in [3.8, 4) is 5.75 Å². The Morgan fingerprint density at radius 3 is 2.53 bits per heavy atom.